The van der Waals surface area contributed by atoms with Gasteiger partial charge in [-0.15, -0.1) is 0 Å². The molecule has 3 aromatic rings. The minimum Gasteiger partial charge on any atom is -0.490 e. The summed E-state index contributed by atoms with van der Waals surface area (Å²) in [5.74, 6) is 0.853. The predicted octanol–water partition coefficient (Wildman–Crippen LogP) is 3.77. The maximum atomic E-state index is 11.0. The van der Waals surface area contributed by atoms with Crippen LogP contribution in [0, 0.1) is 0 Å². The smallest absolute Gasteiger partial charge is 0.335 e. The van der Waals surface area contributed by atoms with Crippen LogP contribution in [-0.2, 0) is 6.54 Å². The lowest BCUT2D eigenvalue weighted by molar-refractivity contribution is 0.0697. The number of imidazole rings is 1. The van der Waals surface area contributed by atoms with Gasteiger partial charge < -0.3 is 19.3 Å². The van der Waals surface area contributed by atoms with Gasteiger partial charge in [0.1, 0.15) is 17.7 Å². The van der Waals surface area contributed by atoms with Gasteiger partial charge in [0, 0.05) is 37.6 Å². The summed E-state index contributed by atoms with van der Waals surface area (Å²) >= 11 is 0. The highest BCUT2D eigenvalue weighted by Crippen LogP contribution is 2.24. The summed E-state index contributed by atoms with van der Waals surface area (Å²) in [7, 11) is 2.15. The lowest BCUT2D eigenvalue weighted by Gasteiger charge is -2.29. The molecule has 1 saturated heterocycles. The van der Waals surface area contributed by atoms with E-state index in [0.29, 0.717) is 12.1 Å². The van der Waals surface area contributed by atoms with Gasteiger partial charge in [0.2, 0.25) is 0 Å². The molecule has 0 aliphatic carbocycles. The Labute approximate surface area is 170 Å². The highest BCUT2D eigenvalue weighted by molar-refractivity contribution is 5.87. The van der Waals surface area contributed by atoms with Crippen molar-refractivity contribution in [2.45, 2.75) is 25.5 Å². The Kier molecular flexibility index (Phi) is 5.62. The number of hydrogen-bond donors (Lipinski definition) is 1. The van der Waals surface area contributed by atoms with Crippen LogP contribution in [0.3, 0.4) is 0 Å². The summed E-state index contributed by atoms with van der Waals surface area (Å²) in [6.45, 7) is 2.78. The molecule has 4 rings (SSSR count). The Bertz CT molecular complexity index is 956. The van der Waals surface area contributed by atoms with Crippen LogP contribution in [0.5, 0.6) is 5.75 Å². The Morgan fingerprint density at radius 3 is 2.45 bits per heavy atom. The van der Waals surface area contributed by atoms with Gasteiger partial charge in [-0.05, 0) is 61.9 Å². The number of carboxylic acids is 1. The number of ether oxygens (including phenoxy) is 1. The third kappa shape index (κ3) is 4.66. The highest BCUT2D eigenvalue weighted by atomic mass is 16.5. The van der Waals surface area contributed by atoms with Crippen LogP contribution in [0.1, 0.15) is 28.8 Å². The molecule has 0 saturated carbocycles. The fourth-order valence-electron chi connectivity index (χ4n) is 3.62. The lowest BCUT2D eigenvalue weighted by atomic mass is 10.1. The molecule has 1 aliphatic rings. The van der Waals surface area contributed by atoms with E-state index in [1.54, 1.807) is 18.3 Å². The Hall–Kier alpha value is -3.12. The molecule has 29 heavy (non-hydrogen) atoms. The Morgan fingerprint density at radius 2 is 1.79 bits per heavy atom. The quantitative estimate of drug-likeness (QED) is 0.693. The molecule has 2 heterocycles. The van der Waals surface area contributed by atoms with Crippen molar-refractivity contribution in [2.24, 2.45) is 0 Å². The number of aromatic nitrogens is 2. The summed E-state index contributed by atoms with van der Waals surface area (Å²) in [4.78, 5) is 17.8. The first-order valence-electron chi connectivity index (χ1n) is 9.87. The van der Waals surface area contributed by atoms with Crippen LogP contribution >= 0.6 is 0 Å². The number of rotatable bonds is 6. The van der Waals surface area contributed by atoms with Crippen molar-refractivity contribution in [3.8, 4) is 17.1 Å². The largest absolute Gasteiger partial charge is 0.490 e. The summed E-state index contributed by atoms with van der Waals surface area (Å²) in [6, 6.07) is 15.0. The molecule has 2 aromatic carbocycles. The van der Waals surface area contributed by atoms with Gasteiger partial charge in [-0.2, -0.15) is 0 Å². The molecule has 150 valence electrons. The van der Waals surface area contributed by atoms with Crippen molar-refractivity contribution in [3.05, 3.63) is 72.1 Å². The molecule has 1 aliphatic heterocycles. The summed E-state index contributed by atoms with van der Waals surface area (Å²) < 4.78 is 8.19. The number of hydrogen-bond acceptors (Lipinski definition) is 4. The van der Waals surface area contributed by atoms with E-state index in [1.807, 2.05) is 42.6 Å². The molecule has 1 N–H and O–H groups in total. The van der Waals surface area contributed by atoms with E-state index in [2.05, 4.69) is 21.5 Å². The van der Waals surface area contributed by atoms with Crippen molar-refractivity contribution < 1.29 is 14.6 Å². The number of likely N-dealkylation sites (tertiary alicyclic amines) is 1. The van der Waals surface area contributed by atoms with E-state index in [-0.39, 0.29) is 6.10 Å². The Balaban J connectivity index is 1.44. The lowest BCUT2D eigenvalue weighted by Crippen LogP contribution is -2.35. The zero-order chi connectivity index (χ0) is 20.2. The second-order valence-electron chi connectivity index (χ2n) is 7.53. The molecule has 0 atom stereocenters. The van der Waals surface area contributed by atoms with E-state index in [9.17, 15) is 4.79 Å². The minimum atomic E-state index is -0.914. The maximum Gasteiger partial charge on any atom is 0.335 e. The topological polar surface area (TPSA) is 67.6 Å². The number of nitrogens with zero attached hydrogens (tertiary/aromatic N) is 3. The van der Waals surface area contributed by atoms with Crippen molar-refractivity contribution in [3.63, 3.8) is 0 Å². The molecule has 0 amide bonds. The molecule has 0 unspecified atom stereocenters. The number of aromatic carboxylic acids is 1. The molecule has 6 nitrogen and oxygen atoms in total. The fourth-order valence-corrected chi connectivity index (χ4v) is 3.62. The van der Waals surface area contributed by atoms with Crippen LogP contribution in [0.25, 0.3) is 11.4 Å². The van der Waals surface area contributed by atoms with E-state index in [0.717, 1.165) is 48.6 Å². The van der Waals surface area contributed by atoms with Crippen molar-refractivity contribution in [1.29, 1.82) is 0 Å². The molecule has 0 bridgehead atoms. The van der Waals surface area contributed by atoms with E-state index in [4.69, 9.17) is 9.84 Å². The second kappa shape index (κ2) is 8.49. The van der Waals surface area contributed by atoms with Crippen LogP contribution in [0.15, 0.2) is 60.9 Å². The summed E-state index contributed by atoms with van der Waals surface area (Å²) in [5, 5.41) is 9.04. The van der Waals surface area contributed by atoms with Gasteiger partial charge in [0.15, 0.2) is 0 Å². The average Bonchev–Trinajstić information content (AvgIpc) is 3.19. The molecule has 1 aromatic heterocycles. The van der Waals surface area contributed by atoms with E-state index >= 15 is 0 Å². The van der Waals surface area contributed by atoms with Gasteiger partial charge in [-0.25, -0.2) is 9.78 Å². The summed E-state index contributed by atoms with van der Waals surface area (Å²) in [6.07, 6.45) is 6.12. The zero-order valence-corrected chi connectivity index (χ0v) is 16.5. The molecule has 0 spiro atoms. The first-order chi connectivity index (χ1) is 14.1. The number of benzene rings is 2. The standard InChI is InChI=1S/C23H25N3O3/c1-25-13-10-21(11-14-25)29-20-8-6-18(7-9-20)22-24-12-15-26(22)16-17-2-4-19(5-3-17)23(27)28/h2-9,12,15,21H,10-11,13-14,16H2,1H3,(H,27,28). The normalized spacial score (nSPS) is 15.3. The molecular formula is C23H25N3O3. The van der Waals surface area contributed by atoms with Crippen LogP contribution in [-0.4, -0.2) is 51.8 Å². The molecule has 0 radical (unpaired) electrons. The predicted molar refractivity (Wildman–Crippen MR) is 111 cm³/mol. The maximum absolute atomic E-state index is 11.0. The summed E-state index contributed by atoms with van der Waals surface area (Å²) in [5.41, 5.74) is 2.34. The average molecular weight is 391 g/mol. The van der Waals surface area contributed by atoms with Crippen molar-refractivity contribution in [2.75, 3.05) is 20.1 Å². The van der Waals surface area contributed by atoms with Crippen LogP contribution < -0.4 is 4.74 Å². The number of carboxylic acid groups (broad SMARTS) is 1. The van der Waals surface area contributed by atoms with Gasteiger partial charge in [-0.3, -0.25) is 0 Å². The second-order valence-corrected chi connectivity index (χ2v) is 7.53. The third-order valence-electron chi connectivity index (χ3n) is 5.35. The third-order valence-corrected chi connectivity index (χ3v) is 5.35. The van der Waals surface area contributed by atoms with Gasteiger partial charge >= 0.3 is 5.97 Å². The molecule has 1 fully saturated rings. The number of piperidine rings is 1. The van der Waals surface area contributed by atoms with Crippen LogP contribution in [0.2, 0.25) is 0 Å². The SMILES string of the molecule is CN1CCC(Oc2ccc(-c3nccn3Cc3ccc(C(=O)O)cc3)cc2)CC1. The van der Waals surface area contributed by atoms with E-state index in [1.165, 1.54) is 0 Å². The monoisotopic (exact) mass is 391 g/mol. The van der Waals surface area contributed by atoms with Gasteiger partial charge in [-0.1, -0.05) is 12.1 Å². The number of carbonyl (C=O) groups is 1. The van der Waals surface area contributed by atoms with E-state index < -0.39 is 5.97 Å². The molecular weight excluding hydrogens is 366 g/mol. The van der Waals surface area contributed by atoms with Crippen molar-refractivity contribution in [1.82, 2.24) is 14.5 Å². The zero-order valence-electron chi connectivity index (χ0n) is 16.5. The minimum absolute atomic E-state index is 0.285. The van der Waals surface area contributed by atoms with Gasteiger partial charge in [0.05, 0.1) is 5.56 Å². The first-order valence-corrected chi connectivity index (χ1v) is 9.87. The highest BCUT2D eigenvalue weighted by Gasteiger charge is 2.18. The first kappa shape index (κ1) is 19.2. The van der Waals surface area contributed by atoms with Gasteiger partial charge in [0.25, 0.3) is 0 Å². The van der Waals surface area contributed by atoms with Crippen LogP contribution in [0.4, 0.5) is 0 Å². The Morgan fingerprint density at radius 1 is 1.10 bits per heavy atom. The fraction of sp³-hybridized carbons (Fsp3) is 0.304. The molecule has 6 heteroatoms. The van der Waals surface area contributed by atoms with Crippen molar-refractivity contribution >= 4 is 5.97 Å².